The second-order valence-electron chi connectivity index (χ2n) is 14.3. The van der Waals surface area contributed by atoms with Gasteiger partial charge in [-0.05, 0) is 60.6 Å². The Morgan fingerprint density at radius 1 is 0.981 bits per heavy atom. The molecule has 1 fully saturated rings. The van der Waals surface area contributed by atoms with Crippen molar-refractivity contribution in [3.05, 3.63) is 135 Å². The topological polar surface area (TPSA) is 125 Å². The van der Waals surface area contributed by atoms with E-state index in [2.05, 4.69) is 5.10 Å². The number of ether oxygens (including phenoxy) is 1. The number of halogens is 1. The zero-order valence-corrected chi connectivity index (χ0v) is 31.0. The minimum absolute atomic E-state index is 0.0621. The second kappa shape index (κ2) is 14.1. The zero-order chi connectivity index (χ0) is 36.8. The summed E-state index contributed by atoms with van der Waals surface area (Å²) in [5.41, 5.74) is 1.42. The summed E-state index contributed by atoms with van der Waals surface area (Å²) in [5.74, 6) is -1.01. The number of aliphatic hydroxyl groups is 1. The summed E-state index contributed by atoms with van der Waals surface area (Å²) in [5, 5.41) is 16.0. The van der Waals surface area contributed by atoms with Crippen molar-refractivity contribution in [3.8, 4) is 5.69 Å². The van der Waals surface area contributed by atoms with Crippen LogP contribution in [0.1, 0.15) is 30.0 Å². The van der Waals surface area contributed by atoms with E-state index in [4.69, 9.17) is 16.3 Å². The Morgan fingerprint density at radius 2 is 1.69 bits per heavy atom. The van der Waals surface area contributed by atoms with Crippen LogP contribution in [-0.4, -0.2) is 64.0 Å². The molecule has 4 atom stereocenters. The van der Waals surface area contributed by atoms with Crippen LogP contribution in [-0.2, 0) is 33.0 Å². The maximum atomic E-state index is 14.9. The summed E-state index contributed by atoms with van der Waals surface area (Å²) in [6.07, 6.45) is 0.845. The Morgan fingerprint density at radius 3 is 2.40 bits per heavy atom. The van der Waals surface area contributed by atoms with E-state index in [0.29, 0.717) is 33.9 Å². The summed E-state index contributed by atoms with van der Waals surface area (Å²) >= 11 is 6.57. The van der Waals surface area contributed by atoms with Gasteiger partial charge in [0.15, 0.2) is 13.9 Å². The third kappa shape index (κ3) is 6.37. The highest BCUT2D eigenvalue weighted by atomic mass is 35.5. The first-order chi connectivity index (χ1) is 24.9. The molecule has 0 unspecified atom stereocenters. The standard InChI is InChI=1S/C40H41ClN4O6Si/c1-26-37(52(2,3)50)35(22-36(47)43(19-20-46)24-27-9-5-4-6-10-27)51-40(26)33-21-30(41)15-18-34(33)44(39(40)49)25-28-13-16-31(17-14-28)45-38(48)32-12-8-7-11-29(32)23-42-45/h4-18,21,23,26,35,37,46,50H,19-20,22,24-25H2,1-3H3/t26-,35+,37-,40+/m0/s1. The number of carbonyl (C=O) groups is 2. The molecule has 1 saturated heterocycles. The Hall–Kier alpha value is -4.65. The van der Waals surface area contributed by atoms with Crippen LogP contribution in [0, 0.1) is 5.92 Å². The lowest BCUT2D eigenvalue weighted by molar-refractivity contribution is -0.150. The third-order valence-electron chi connectivity index (χ3n) is 10.5. The van der Waals surface area contributed by atoms with Gasteiger partial charge in [0.1, 0.15) is 0 Å². The Balaban J connectivity index is 1.19. The van der Waals surface area contributed by atoms with Gasteiger partial charge in [0.2, 0.25) is 5.91 Å². The lowest BCUT2D eigenvalue weighted by Gasteiger charge is -2.32. The average molecular weight is 737 g/mol. The molecule has 1 aromatic heterocycles. The molecule has 2 aliphatic rings. The number of hydrogen-bond donors (Lipinski definition) is 2. The number of carbonyl (C=O) groups excluding carboxylic acids is 2. The minimum Gasteiger partial charge on any atom is -0.432 e. The van der Waals surface area contributed by atoms with Gasteiger partial charge in [-0.25, -0.2) is 0 Å². The molecular weight excluding hydrogens is 696 g/mol. The molecule has 3 heterocycles. The molecule has 1 spiro atoms. The van der Waals surface area contributed by atoms with E-state index in [0.717, 1.165) is 16.5 Å². The fourth-order valence-electron chi connectivity index (χ4n) is 8.12. The van der Waals surface area contributed by atoms with Crippen molar-refractivity contribution in [2.45, 2.75) is 56.8 Å². The number of fused-ring (bicyclic) bond motifs is 3. The number of benzene rings is 4. The van der Waals surface area contributed by atoms with E-state index in [1.165, 1.54) is 4.68 Å². The fourth-order valence-corrected chi connectivity index (χ4v) is 10.9. The quantitative estimate of drug-likeness (QED) is 0.174. The van der Waals surface area contributed by atoms with Crippen LogP contribution in [0.2, 0.25) is 23.7 Å². The van der Waals surface area contributed by atoms with Gasteiger partial charge in [-0.2, -0.15) is 9.78 Å². The highest BCUT2D eigenvalue weighted by Gasteiger charge is 2.66. The minimum atomic E-state index is -3.04. The Bertz CT molecular complexity index is 2190. The van der Waals surface area contributed by atoms with E-state index in [1.807, 2.05) is 86.7 Å². The molecule has 5 aromatic rings. The van der Waals surface area contributed by atoms with Crippen LogP contribution >= 0.6 is 11.6 Å². The maximum absolute atomic E-state index is 14.9. The van der Waals surface area contributed by atoms with Gasteiger partial charge in [0.25, 0.3) is 11.5 Å². The van der Waals surface area contributed by atoms with E-state index in [9.17, 15) is 24.3 Å². The first-order valence-electron chi connectivity index (χ1n) is 17.4. The monoisotopic (exact) mass is 736 g/mol. The van der Waals surface area contributed by atoms with Crippen molar-refractivity contribution in [1.29, 1.82) is 0 Å². The predicted molar refractivity (Wildman–Crippen MR) is 203 cm³/mol. The van der Waals surface area contributed by atoms with Crippen molar-refractivity contribution in [2.24, 2.45) is 5.92 Å². The number of nitrogens with zero attached hydrogens (tertiary/aromatic N) is 4. The van der Waals surface area contributed by atoms with E-state index >= 15 is 0 Å². The van der Waals surface area contributed by atoms with Crippen molar-refractivity contribution >= 4 is 48.2 Å². The van der Waals surface area contributed by atoms with Gasteiger partial charge in [0.05, 0.1) is 48.6 Å². The molecular formula is C40H41ClN4O6Si. The predicted octanol–water partition coefficient (Wildman–Crippen LogP) is 5.79. The second-order valence-corrected chi connectivity index (χ2v) is 18.7. The van der Waals surface area contributed by atoms with Crippen LogP contribution in [0.4, 0.5) is 5.69 Å². The highest BCUT2D eigenvalue weighted by Crippen LogP contribution is 2.60. The smallest absolute Gasteiger partial charge is 0.279 e. The summed E-state index contributed by atoms with van der Waals surface area (Å²) < 4.78 is 8.22. The molecule has 10 nitrogen and oxygen atoms in total. The molecule has 0 saturated carbocycles. The maximum Gasteiger partial charge on any atom is 0.279 e. The van der Waals surface area contributed by atoms with Gasteiger partial charge in [0, 0.05) is 40.5 Å². The molecule has 2 N–H and O–H groups in total. The number of amides is 2. The van der Waals surface area contributed by atoms with Crippen molar-refractivity contribution in [1.82, 2.24) is 14.7 Å². The van der Waals surface area contributed by atoms with Gasteiger partial charge < -0.3 is 24.4 Å². The number of hydrogen-bond acceptors (Lipinski definition) is 7. The van der Waals surface area contributed by atoms with Gasteiger partial charge >= 0.3 is 0 Å². The van der Waals surface area contributed by atoms with E-state index in [1.54, 1.807) is 46.3 Å². The number of aromatic nitrogens is 2. The first-order valence-corrected chi connectivity index (χ1v) is 20.8. The first kappa shape index (κ1) is 35.7. The third-order valence-corrected chi connectivity index (χ3v) is 13.2. The molecule has 4 aromatic carbocycles. The average Bonchev–Trinajstić information content (AvgIpc) is 3.55. The lowest BCUT2D eigenvalue weighted by atomic mass is 9.82. The largest absolute Gasteiger partial charge is 0.432 e. The molecule has 12 heteroatoms. The summed E-state index contributed by atoms with van der Waals surface area (Å²) in [7, 11) is -3.04. The van der Waals surface area contributed by atoms with Crippen LogP contribution in [0.5, 0.6) is 0 Å². The fraction of sp³-hybridized carbons (Fsp3) is 0.300. The van der Waals surface area contributed by atoms with Gasteiger partial charge in [-0.1, -0.05) is 79.2 Å². The van der Waals surface area contributed by atoms with Gasteiger partial charge in [-0.15, -0.1) is 0 Å². The molecule has 0 bridgehead atoms. The van der Waals surface area contributed by atoms with Crippen LogP contribution in [0.25, 0.3) is 16.5 Å². The summed E-state index contributed by atoms with van der Waals surface area (Å²) in [4.78, 5) is 56.9. The summed E-state index contributed by atoms with van der Waals surface area (Å²) in [6.45, 7) is 6.01. The van der Waals surface area contributed by atoms with Crippen LogP contribution < -0.4 is 10.5 Å². The number of anilines is 1. The molecule has 7 rings (SSSR count). The van der Waals surface area contributed by atoms with Crippen molar-refractivity contribution < 1.29 is 24.2 Å². The van der Waals surface area contributed by atoms with Crippen LogP contribution in [0.15, 0.2) is 108 Å². The number of aliphatic hydroxyl groups excluding tert-OH is 1. The van der Waals surface area contributed by atoms with Crippen molar-refractivity contribution in [2.75, 3.05) is 18.1 Å². The van der Waals surface area contributed by atoms with E-state index < -0.39 is 31.5 Å². The van der Waals surface area contributed by atoms with E-state index in [-0.39, 0.29) is 43.5 Å². The molecule has 52 heavy (non-hydrogen) atoms. The molecule has 0 aliphatic carbocycles. The molecule has 2 amide bonds. The highest BCUT2D eigenvalue weighted by molar-refractivity contribution is 6.71. The molecule has 268 valence electrons. The number of rotatable bonds is 10. The van der Waals surface area contributed by atoms with Crippen molar-refractivity contribution in [3.63, 3.8) is 0 Å². The molecule has 2 aliphatic heterocycles. The Kier molecular flexibility index (Phi) is 9.66. The molecule has 0 radical (unpaired) electrons. The lowest BCUT2D eigenvalue weighted by Crippen LogP contribution is -2.46. The Labute approximate surface area is 308 Å². The van der Waals surface area contributed by atoms with Crippen LogP contribution in [0.3, 0.4) is 0 Å². The van der Waals surface area contributed by atoms with Gasteiger partial charge in [-0.3, -0.25) is 14.4 Å². The summed E-state index contributed by atoms with van der Waals surface area (Å²) in [6, 6.07) is 29.5. The normalized spacial score (nSPS) is 21.2. The zero-order valence-electron chi connectivity index (χ0n) is 29.3. The SMILES string of the molecule is C[C@H]1[C@H]([Si](C)(C)O)[C@@H](CC(=O)N(CCO)Cc2ccccc2)O[C@]12C(=O)N(Cc1ccc(-n3ncc4ccccc4c3=O)cc1)c1ccc(Cl)cc12.